The Hall–Kier alpha value is -2.25. The molecule has 2 rings (SSSR count). The highest BCUT2D eigenvalue weighted by Crippen LogP contribution is 2.27. The van der Waals surface area contributed by atoms with Gasteiger partial charge in [0.2, 0.25) is 10.0 Å². The summed E-state index contributed by atoms with van der Waals surface area (Å²) < 4.78 is 43.2. The summed E-state index contributed by atoms with van der Waals surface area (Å²) in [5, 5.41) is 0. The molecule has 0 aromatic heterocycles. The Balaban J connectivity index is 2.02. The largest absolute Gasteiger partial charge is 0.497 e. The van der Waals surface area contributed by atoms with Crippen LogP contribution in [0.4, 0.5) is 0 Å². The summed E-state index contributed by atoms with van der Waals surface area (Å²) in [6.45, 7) is 2.29. The number of sulfonamides is 1. The average molecular weight is 351 g/mol. The Labute approximate surface area is 142 Å². The SMILES string of the molecule is COc1ccc(OC)c(S(=O)(=O)NCCOc2ccccc2C)c1. The van der Waals surface area contributed by atoms with E-state index >= 15 is 0 Å². The van der Waals surface area contributed by atoms with Gasteiger partial charge in [-0.3, -0.25) is 0 Å². The van der Waals surface area contributed by atoms with Crippen LogP contribution in [-0.4, -0.2) is 35.8 Å². The molecule has 0 aliphatic rings. The number of aryl methyl sites for hydroxylation is 1. The molecule has 0 saturated heterocycles. The molecule has 0 spiro atoms. The van der Waals surface area contributed by atoms with E-state index in [1.807, 2.05) is 31.2 Å². The third-order valence-corrected chi connectivity index (χ3v) is 4.89. The maximum Gasteiger partial charge on any atom is 0.244 e. The van der Waals surface area contributed by atoms with Crippen LogP contribution in [-0.2, 0) is 10.0 Å². The molecular weight excluding hydrogens is 330 g/mol. The normalized spacial score (nSPS) is 11.1. The van der Waals surface area contributed by atoms with Crippen molar-refractivity contribution in [3.05, 3.63) is 48.0 Å². The Kier molecular flexibility index (Phi) is 6.05. The van der Waals surface area contributed by atoms with Gasteiger partial charge in [-0.05, 0) is 30.7 Å². The number of nitrogens with one attached hydrogen (secondary N) is 1. The first-order valence-corrected chi connectivity index (χ1v) is 8.86. The third kappa shape index (κ3) is 4.39. The highest BCUT2D eigenvalue weighted by molar-refractivity contribution is 7.89. The van der Waals surface area contributed by atoms with Gasteiger partial charge >= 0.3 is 0 Å². The molecule has 0 bridgehead atoms. The minimum atomic E-state index is -3.74. The molecule has 0 fully saturated rings. The van der Waals surface area contributed by atoms with Gasteiger partial charge in [0.1, 0.15) is 28.8 Å². The van der Waals surface area contributed by atoms with E-state index in [0.29, 0.717) is 5.75 Å². The van der Waals surface area contributed by atoms with E-state index < -0.39 is 10.0 Å². The van der Waals surface area contributed by atoms with Crippen molar-refractivity contribution >= 4 is 10.0 Å². The second-order valence-electron chi connectivity index (χ2n) is 5.03. The quantitative estimate of drug-likeness (QED) is 0.739. The predicted octanol–water partition coefficient (Wildman–Crippen LogP) is 2.37. The van der Waals surface area contributed by atoms with Gasteiger partial charge in [-0.15, -0.1) is 0 Å². The zero-order valence-corrected chi connectivity index (χ0v) is 14.7. The lowest BCUT2D eigenvalue weighted by atomic mass is 10.2. The van der Waals surface area contributed by atoms with E-state index in [4.69, 9.17) is 14.2 Å². The molecular formula is C17H21NO5S. The van der Waals surface area contributed by atoms with Crippen LogP contribution in [0.5, 0.6) is 17.2 Å². The Bertz CT molecular complexity index is 789. The van der Waals surface area contributed by atoms with Crippen molar-refractivity contribution in [2.75, 3.05) is 27.4 Å². The summed E-state index contributed by atoms with van der Waals surface area (Å²) in [7, 11) is -0.843. The van der Waals surface area contributed by atoms with E-state index in [0.717, 1.165) is 11.3 Å². The van der Waals surface area contributed by atoms with Crippen LogP contribution in [0.3, 0.4) is 0 Å². The second kappa shape index (κ2) is 8.03. The van der Waals surface area contributed by atoms with Crippen LogP contribution < -0.4 is 18.9 Å². The van der Waals surface area contributed by atoms with Gasteiger partial charge in [0, 0.05) is 12.6 Å². The highest BCUT2D eigenvalue weighted by atomic mass is 32.2. The number of para-hydroxylation sites is 1. The molecule has 0 unspecified atom stereocenters. The van der Waals surface area contributed by atoms with Gasteiger partial charge in [0.25, 0.3) is 0 Å². The maximum absolute atomic E-state index is 12.5. The second-order valence-corrected chi connectivity index (χ2v) is 6.76. The topological polar surface area (TPSA) is 73.9 Å². The summed E-state index contributed by atoms with van der Waals surface area (Å²) in [5.41, 5.74) is 0.995. The average Bonchev–Trinajstić information content (AvgIpc) is 2.59. The number of benzene rings is 2. The smallest absolute Gasteiger partial charge is 0.244 e. The van der Waals surface area contributed by atoms with Gasteiger partial charge in [-0.25, -0.2) is 13.1 Å². The maximum atomic E-state index is 12.5. The molecule has 7 heteroatoms. The fourth-order valence-electron chi connectivity index (χ4n) is 2.13. The molecule has 6 nitrogen and oxygen atoms in total. The van der Waals surface area contributed by atoms with Crippen molar-refractivity contribution < 1.29 is 22.6 Å². The molecule has 2 aromatic carbocycles. The minimum Gasteiger partial charge on any atom is -0.497 e. The summed E-state index contributed by atoms with van der Waals surface area (Å²) in [4.78, 5) is 0.0280. The van der Waals surface area contributed by atoms with E-state index in [1.54, 1.807) is 12.1 Å². The molecule has 24 heavy (non-hydrogen) atoms. The number of rotatable bonds is 8. The molecule has 130 valence electrons. The fraction of sp³-hybridized carbons (Fsp3) is 0.294. The van der Waals surface area contributed by atoms with Crippen molar-refractivity contribution in [3.63, 3.8) is 0 Å². The monoisotopic (exact) mass is 351 g/mol. The lowest BCUT2D eigenvalue weighted by Crippen LogP contribution is -2.28. The Morgan fingerprint density at radius 1 is 1.00 bits per heavy atom. The summed E-state index contributed by atoms with van der Waals surface area (Å²) in [5.74, 6) is 1.42. The first-order valence-electron chi connectivity index (χ1n) is 7.38. The molecule has 0 aliphatic heterocycles. The van der Waals surface area contributed by atoms with E-state index in [-0.39, 0.29) is 23.8 Å². The first-order chi connectivity index (χ1) is 11.5. The van der Waals surface area contributed by atoms with Crippen molar-refractivity contribution in [1.82, 2.24) is 4.72 Å². The molecule has 0 heterocycles. The van der Waals surface area contributed by atoms with Gasteiger partial charge in [-0.1, -0.05) is 18.2 Å². The van der Waals surface area contributed by atoms with Crippen molar-refractivity contribution in [1.29, 1.82) is 0 Å². The molecule has 0 radical (unpaired) electrons. The molecule has 0 aliphatic carbocycles. The standard InChI is InChI=1S/C17H21NO5S/c1-13-6-4-5-7-15(13)23-11-10-18-24(19,20)17-12-14(21-2)8-9-16(17)22-3/h4-9,12,18H,10-11H2,1-3H3. The van der Waals surface area contributed by atoms with Crippen molar-refractivity contribution in [2.24, 2.45) is 0 Å². The van der Waals surface area contributed by atoms with Crippen LogP contribution >= 0.6 is 0 Å². The third-order valence-electron chi connectivity index (χ3n) is 3.41. The molecule has 0 atom stereocenters. The van der Waals surface area contributed by atoms with E-state index in [1.165, 1.54) is 20.3 Å². The zero-order chi connectivity index (χ0) is 17.6. The predicted molar refractivity (Wildman–Crippen MR) is 91.4 cm³/mol. The molecule has 2 aromatic rings. The zero-order valence-electron chi connectivity index (χ0n) is 13.9. The van der Waals surface area contributed by atoms with Crippen LogP contribution in [0.2, 0.25) is 0 Å². The minimum absolute atomic E-state index is 0.0280. The van der Waals surface area contributed by atoms with Crippen LogP contribution in [0, 0.1) is 6.92 Å². The van der Waals surface area contributed by atoms with Gasteiger partial charge in [-0.2, -0.15) is 0 Å². The lowest BCUT2D eigenvalue weighted by molar-refractivity contribution is 0.320. The fourth-order valence-corrected chi connectivity index (χ4v) is 3.32. The van der Waals surface area contributed by atoms with Crippen LogP contribution in [0.1, 0.15) is 5.56 Å². The summed E-state index contributed by atoms with van der Waals surface area (Å²) in [6.07, 6.45) is 0. The Morgan fingerprint density at radius 3 is 2.42 bits per heavy atom. The number of ether oxygens (including phenoxy) is 3. The van der Waals surface area contributed by atoms with E-state index in [9.17, 15) is 8.42 Å². The summed E-state index contributed by atoms with van der Waals surface area (Å²) in [6, 6.07) is 12.2. The van der Waals surface area contributed by atoms with Crippen molar-refractivity contribution in [3.8, 4) is 17.2 Å². The van der Waals surface area contributed by atoms with Gasteiger partial charge < -0.3 is 14.2 Å². The van der Waals surface area contributed by atoms with Crippen LogP contribution in [0.15, 0.2) is 47.4 Å². The number of methoxy groups -OCH3 is 2. The molecule has 1 N–H and O–H groups in total. The van der Waals surface area contributed by atoms with Crippen molar-refractivity contribution in [2.45, 2.75) is 11.8 Å². The Morgan fingerprint density at radius 2 is 1.75 bits per heavy atom. The lowest BCUT2D eigenvalue weighted by Gasteiger charge is -2.13. The first kappa shape index (κ1) is 18.1. The van der Waals surface area contributed by atoms with E-state index in [2.05, 4.69) is 4.72 Å². The number of hydrogen-bond donors (Lipinski definition) is 1. The van der Waals surface area contributed by atoms with Crippen LogP contribution in [0.25, 0.3) is 0 Å². The highest BCUT2D eigenvalue weighted by Gasteiger charge is 2.20. The van der Waals surface area contributed by atoms with Gasteiger partial charge in [0.05, 0.1) is 14.2 Å². The summed E-state index contributed by atoms with van der Waals surface area (Å²) >= 11 is 0. The number of hydrogen-bond acceptors (Lipinski definition) is 5. The van der Waals surface area contributed by atoms with Gasteiger partial charge in [0.15, 0.2) is 0 Å². The molecule has 0 saturated carbocycles. The molecule has 0 amide bonds.